The lowest BCUT2D eigenvalue weighted by molar-refractivity contribution is -0.124. The number of sulfonamides is 1. The molecule has 0 spiro atoms. The number of hydrogen-bond donors (Lipinski definition) is 1. The minimum Gasteiger partial charge on any atom is -0.363 e. The first kappa shape index (κ1) is 19.7. The highest BCUT2D eigenvalue weighted by Crippen LogP contribution is 2.22. The van der Waals surface area contributed by atoms with Crippen LogP contribution in [0.25, 0.3) is 0 Å². The minimum absolute atomic E-state index is 0.115. The second-order valence-electron chi connectivity index (χ2n) is 6.57. The lowest BCUT2D eigenvalue weighted by Crippen LogP contribution is -2.46. The normalized spacial score (nSPS) is 18.3. The molecule has 0 aliphatic carbocycles. The zero-order chi connectivity index (χ0) is 18.4. The van der Waals surface area contributed by atoms with Gasteiger partial charge in [0.2, 0.25) is 15.9 Å². The molecule has 1 saturated heterocycles. The van der Waals surface area contributed by atoms with Gasteiger partial charge >= 0.3 is 0 Å². The molecular weight excluding hydrogens is 340 g/mol. The van der Waals surface area contributed by atoms with Crippen LogP contribution in [-0.2, 0) is 21.4 Å². The summed E-state index contributed by atoms with van der Waals surface area (Å²) in [6.45, 7) is 2.76. The number of aromatic nitrogens is 1. The van der Waals surface area contributed by atoms with Crippen molar-refractivity contribution in [2.45, 2.75) is 45.2 Å². The number of nitrogens with one attached hydrogen (secondary N) is 1. The average Bonchev–Trinajstić information content (AvgIpc) is 3.09. The third-order valence-corrected chi connectivity index (χ3v) is 6.31. The minimum atomic E-state index is -3.36. The maximum Gasteiger partial charge on any atom is 0.238 e. The molecule has 25 heavy (non-hydrogen) atoms. The number of amides is 1. The third-order valence-electron chi connectivity index (χ3n) is 4.35. The Bertz CT molecular complexity index is 691. The molecule has 1 atom stereocenters. The number of pyridine rings is 1. The van der Waals surface area contributed by atoms with Gasteiger partial charge < -0.3 is 10.2 Å². The number of hydrogen-bond acceptors (Lipinski definition) is 5. The number of rotatable bonds is 8. The molecule has 2 heterocycles. The summed E-state index contributed by atoms with van der Waals surface area (Å²) >= 11 is 0. The molecule has 0 bridgehead atoms. The van der Waals surface area contributed by atoms with E-state index in [-0.39, 0.29) is 11.7 Å². The van der Waals surface area contributed by atoms with Crippen LogP contribution >= 0.6 is 0 Å². The van der Waals surface area contributed by atoms with E-state index >= 15 is 0 Å². The number of carbonyl (C=O) groups excluding carboxylic acids is 1. The Hall–Kier alpha value is -1.67. The monoisotopic (exact) mass is 368 g/mol. The standard InChI is InChI=1S/C17H28N4O3S/c1-4-5-11-25(23,24)21-10-6-7-15(21)17(22)19-13-14-8-9-18-16(12-14)20(2)3/h8-9,12,15H,4-7,10-11,13H2,1-3H3,(H,19,22). The first-order valence-corrected chi connectivity index (χ1v) is 10.4. The second kappa shape index (κ2) is 8.62. The van der Waals surface area contributed by atoms with Crippen LogP contribution in [0, 0.1) is 0 Å². The van der Waals surface area contributed by atoms with Crippen molar-refractivity contribution >= 4 is 21.7 Å². The van der Waals surface area contributed by atoms with E-state index in [1.165, 1.54) is 4.31 Å². The van der Waals surface area contributed by atoms with Crippen LogP contribution in [0.1, 0.15) is 38.2 Å². The molecule has 1 amide bonds. The summed E-state index contributed by atoms with van der Waals surface area (Å²) in [5.41, 5.74) is 0.936. The summed E-state index contributed by atoms with van der Waals surface area (Å²) in [4.78, 5) is 18.7. The van der Waals surface area contributed by atoms with E-state index < -0.39 is 16.1 Å². The largest absolute Gasteiger partial charge is 0.363 e. The molecule has 0 radical (unpaired) electrons. The van der Waals surface area contributed by atoms with E-state index in [0.717, 1.165) is 24.2 Å². The van der Waals surface area contributed by atoms with Gasteiger partial charge in [0, 0.05) is 33.4 Å². The third kappa shape index (κ3) is 5.15. The SMILES string of the molecule is CCCCS(=O)(=O)N1CCCC1C(=O)NCc1ccnc(N(C)C)c1. The zero-order valence-electron chi connectivity index (χ0n) is 15.2. The fraction of sp³-hybridized carbons (Fsp3) is 0.647. The van der Waals surface area contributed by atoms with Gasteiger partial charge in [-0.3, -0.25) is 4.79 Å². The predicted molar refractivity (Wildman–Crippen MR) is 98.8 cm³/mol. The highest BCUT2D eigenvalue weighted by Gasteiger charge is 2.37. The Kier molecular flexibility index (Phi) is 6.78. The summed E-state index contributed by atoms with van der Waals surface area (Å²) in [5.74, 6) is 0.710. The van der Waals surface area contributed by atoms with Crippen molar-refractivity contribution < 1.29 is 13.2 Å². The molecule has 1 fully saturated rings. The first-order valence-electron chi connectivity index (χ1n) is 8.74. The Morgan fingerprint density at radius 3 is 2.88 bits per heavy atom. The fourth-order valence-electron chi connectivity index (χ4n) is 2.90. The molecule has 8 heteroatoms. The number of unbranched alkanes of at least 4 members (excludes halogenated alkanes) is 1. The molecule has 7 nitrogen and oxygen atoms in total. The van der Waals surface area contributed by atoms with Crippen LogP contribution in [0.5, 0.6) is 0 Å². The molecule has 1 N–H and O–H groups in total. The van der Waals surface area contributed by atoms with E-state index in [1.54, 1.807) is 6.20 Å². The van der Waals surface area contributed by atoms with E-state index in [1.807, 2.05) is 38.1 Å². The number of nitrogens with zero attached hydrogens (tertiary/aromatic N) is 3. The van der Waals surface area contributed by atoms with Gasteiger partial charge in [0.05, 0.1) is 5.75 Å². The number of carbonyl (C=O) groups is 1. The summed E-state index contributed by atoms with van der Waals surface area (Å²) in [5, 5.41) is 2.87. The van der Waals surface area contributed by atoms with Gasteiger partial charge in [0.1, 0.15) is 11.9 Å². The van der Waals surface area contributed by atoms with Gasteiger partial charge in [-0.25, -0.2) is 13.4 Å². The van der Waals surface area contributed by atoms with Gasteiger partial charge in [-0.2, -0.15) is 4.31 Å². The van der Waals surface area contributed by atoms with Crippen LogP contribution in [-0.4, -0.2) is 56.0 Å². The Morgan fingerprint density at radius 2 is 2.20 bits per heavy atom. The van der Waals surface area contributed by atoms with Crippen LogP contribution in [0.4, 0.5) is 5.82 Å². The Balaban J connectivity index is 1.99. The van der Waals surface area contributed by atoms with Gasteiger partial charge in [0.25, 0.3) is 0 Å². The molecule has 0 saturated carbocycles. The van der Waals surface area contributed by atoms with Crippen LogP contribution in [0.2, 0.25) is 0 Å². The number of anilines is 1. The zero-order valence-corrected chi connectivity index (χ0v) is 16.1. The van der Waals surface area contributed by atoms with E-state index in [9.17, 15) is 13.2 Å². The highest BCUT2D eigenvalue weighted by atomic mass is 32.2. The van der Waals surface area contributed by atoms with Gasteiger partial charge in [-0.1, -0.05) is 13.3 Å². The Morgan fingerprint density at radius 1 is 1.44 bits per heavy atom. The topological polar surface area (TPSA) is 82.6 Å². The summed E-state index contributed by atoms with van der Waals surface area (Å²) < 4.78 is 26.2. The molecule has 2 rings (SSSR count). The molecule has 1 aliphatic rings. The summed E-state index contributed by atoms with van der Waals surface area (Å²) in [6, 6.07) is 3.17. The lowest BCUT2D eigenvalue weighted by Gasteiger charge is -2.23. The first-order chi connectivity index (χ1) is 11.8. The molecule has 0 aromatic carbocycles. The molecule has 140 valence electrons. The van der Waals surface area contributed by atoms with Crippen molar-refractivity contribution in [3.63, 3.8) is 0 Å². The van der Waals surface area contributed by atoms with E-state index in [2.05, 4.69) is 10.3 Å². The average molecular weight is 369 g/mol. The van der Waals surface area contributed by atoms with E-state index in [0.29, 0.717) is 25.9 Å². The van der Waals surface area contributed by atoms with Crippen molar-refractivity contribution in [1.29, 1.82) is 0 Å². The molecule has 1 unspecified atom stereocenters. The lowest BCUT2D eigenvalue weighted by atomic mass is 10.2. The molecule has 1 aromatic heterocycles. The fourth-order valence-corrected chi connectivity index (χ4v) is 4.79. The quantitative estimate of drug-likeness (QED) is 0.749. The second-order valence-corrected chi connectivity index (χ2v) is 8.61. The van der Waals surface area contributed by atoms with Crippen molar-refractivity contribution in [3.8, 4) is 0 Å². The van der Waals surface area contributed by atoms with Crippen molar-refractivity contribution in [1.82, 2.24) is 14.6 Å². The van der Waals surface area contributed by atoms with E-state index in [4.69, 9.17) is 0 Å². The van der Waals surface area contributed by atoms with Crippen LogP contribution in [0.15, 0.2) is 18.3 Å². The Labute approximate surface area is 150 Å². The highest BCUT2D eigenvalue weighted by molar-refractivity contribution is 7.89. The van der Waals surface area contributed by atoms with Crippen LogP contribution in [0.3, 0.4) is 0 Å². The van der Waals surface area contributed by atoms with Crippen LogP contribution < -0.4 is 10.2 Å². The van der Waals surface area contributed by atoms with Gasteiger partial charge in [-0.15, -0.1) is 0 Å². The van der Waals surface area contributed by atoms with Crippen molar-refractivity contribution in [2.75, 3.05) is 31.3 Å². The summed E-state index contributed by atoms with van der Waals surface area (Å²) in [7, 11) is 0.449. The molecule has 1 aliphatic heterocycles. The molecular formula is C17H28N4O3S. The summed E-state index contributed by atoms with van der Waals surface area (Å²) in [6.07, 6.45) is 4.45. The smallest absolute Gasteiger partial charge is 0.238 e. The van der Waals surface area contributed by atoms with Crippen molar-refractivity contribution in [3.05, 3.63) is 23.9 Å². The van der Waals surface area contributed by atoms with Crippen molar-refractivity contribution in [2.24, 2.45) is 0 Å². The maximum atomic E-state index is 12.5. The maximum absolute atomic E-state index is 12.5. The van der Waals surface area contributed by atoms with Gasteiger partial charge in [0.15, 0.2) is 0 Å². The predicted octanol–water partition coefficient (Wildman–Crippen LogP) is 1.36. The molecule has 1 aromatic rings. The van der Waals surface area contributed by atoms with Gasteiger partial charge in [-0.05, 0) is 37.0 Å².